The van der Waals surface area contributed by atoms with Crippen LogP contribution in [-0.4, -0.2) is 9.97 Å². The van der Waals surface area contributed by atoms with Gasteiger partial charge in [-0.15, -0.1) is 0 Å². The molecule has 0 spiro atoms. The number of halogens is 4. The van der Waals surface area contributed by atoms with Gasteiger partial charge in [0.2, 0.25) is 0 Å². The van der Waals surface area contributed by atoms with Crippen molar-refractivity contribution in [3.8, 4) is 11.3 Å². The minimum Gasteiger partial charge on any atom is -0.382 e. The minimum atomic E-state index is -0.787. The molecule has 0 aliphatic heterocycles. The van der Waals surface area contributed by atoms with Gasteiger partial charge in [-0.05, 0) is 28.1 Å². The third-order valence-electron chi connectivity index (χ3n) is 2.10. The highest BCUT2D eigenvalue weighted by Crippen LogP contribution is 2.34. The van der Waals surface area contributed by atoms with Gasteiger partial charge in [-0.2, -0.15) is 0 Å². The number of nitrogen functional groups attached to an aromatic ring is 1. The Morgan fingerprint density at radius 3 is 2.65 bits per heavy atom. The van der Waals surface area contributed by atoms with Crippen molar-refractivity contribution in [2.75, 3.05) is 5.73 Å². The number of rotatable bonds is 1. The molecule has 0 aliphatic carbocycles. The lowest BCUT2D eigenvalue weighted by molar-refractivity contribution is 0.584. The van der Waals surface area contributed by atoms with Crippen LogP contribution in [0.3, 0.4) is 0 Å². The van der Waals surface area contributed by atoms with Crippen LogP contribution in [0.5, 0.6) is 0 Å². The number of hydrogen-bond acceptors (Lipinski definition) is 3. The Labute approximate surface area is 109 Å². The fourth-order valence-corrected chi connectivity index (χ4v) is 1.82. The van der Waals surface area contributed by atoms with Gasteiger partial charge in [-0.1, -0.05) is 11.6 Å². The van der Waals surface area contributed by atoms with Crippen molar-refractivity contribution >= 4 is 33.3 Å². The van der Waals surface area contributed by atoms with E-state index in [4.69, 9.17) is 17.3 Å². The summed E-state index contributed by atoms with van der Waals surface area (Å²) in [6.07, 6.45) is 1.09. The predicted molar refractivity (Wildman–Crippen MR) is 64.5 cm³/mol. The summed E-state index contributed by atoms with van der Waals surface area (Å²) in [5, 5.41) is -0.0802. The smallest absolute Gasteiger partial charge is 0.149 e. The molecule has 0 aliphatic rings. The van der Waals surface area contributed by atoms with Crippen LogP contribution < -0.4 is 5.73 Å². The molecule has 7 heteroatoms. The Balaban J connectivity index is 2.77. The van der Waals surface area contributed by atoms with Gasteiger partial charge in [0.1, 0.15) is 34.5 Å². The zero-order valence-electron chi connectivity index (χ0n) is 8.22. The maximum absolute atomic E-state index is 13.8. The van der Waals surface area contributed by atoms with Crippen molar-refractivity contribution in [2.24, 2.45) is 0 Å². The molecule has 2 N–H and O–H groups in total. The Bertz CT molecular complexity index is 592. The van der Waals surface area contributed by atoms with Crippen LogP contribution in [0.2, 0.25) is 5.02 Å². The quantitative estimate of drug-likeness (QED) is 0.819. The van der Waals surface area contributed by atoms with Crippen LogP contribution in [0.4, 0.5) is 14.6 Å². The molecule has 0 fully saturated rings. The molecule has 2 aromatic rings. The molecule has 0 radical (unpaired) electrons. The first-order valence-corrected chi connectivity index (χ1v) is 5.59. The zero-order chi connectivity index (χ0) is 12.6. The first-order chi connectivity index (χ1) is 8.02. The molecule has 0 amide bonds. The zero-order valence-corrected chi connectivity index (χ0v) is 10.6. The third-order valence-corrected chi connectivity index (χ3v) is 3.08. The minimum absolute atomic E-state index is 0.0320. The van der Waals surface area contributed by atoms with Gasteiger partial charge in [0.05, 0.1) is 10.0 Å². The number of hydrogen-bond donors (Lipinski definition) is 1. The normalized spacial score (nSPS) is 10.6. The third kappa shape index (κ3) is 2.10. The molecule has 1 aromatic carbocycles. The van der Waals surface area contributed by atoms with Crippen molar-refractivity contribution in [3.05, 3.63) is 39.6 Å². The van der Waals surface area contributed by atoms with Gasteiger partial charge < -0.3 is 5.73 Å². The molecular weight excluding hydrogens is 315 g/mol. The summed E-state index contributed by atoms with van der Waals surface area (Å²) < 4.78 is 27.5. The van der Waals surface area contributed by atoms with E-state index < -0.39 is 11.6 Å². The van der Waals surface area contributed by atoms with Crippen LogP contribution in [-0.2, 0) is 0 Å². The maximum Gasteiger partial charge on any atom is 0.149 e. The van der Waals surface area contributed by atoms with E-state index in [1.54, 1.807) is 0 Å². The molecule has 0 unspecified atom stereocenters. The molecule has 1 aromatic heterocycles. The summed E-state index contributed by atoms with van der Waals surface area (Å²) in [5.74, 6) is -1.59. The largest absolute Gasteiger partial charge is 0.382 e. The lowest BCUT2D eigenvalue weighted by Gasteiger charge is -2.08. The average Bonchev–Trinajstić information content (AvgIpc) is 2.30. The molecule has 0 atom stereocenters. The molecule has 0 saturated carbocycles. The van der Waals surface area contributed by atoms with E-state index in [-0.39, 0.29) is 26.6 Å². The Kier molecular flexibility index (Phi) is 3.26. The van der Waals surface area contributed by atoms with E-state index in [0.29, 0.717) is 0 Å². The van der Waals surface area contributed by atoms with E-state index in [2.05, 4.69) is 25.9 Å². The number of nitrogens with two attached hydrogens (primary N) is 1. The first kappa shape index (κ1) is 12.2. The van der Waals surface area contributed by atoms with Crippen molar-refractivity contribution in [3.63, 3.8) is 0 Å². The molecule has 17 heavy (non-hydrogen) atoms. The van der Waals surface area contributed by atoms with E-state index >= 15 is 0 Å². The van der Waals surface area contributed by atoms with E-state index in [0.717, 1.165) is 12.4 Å². The molecule has 88 valence electrons. The van der Waals surface area contributed by atoms with Crippen LogP contribution in [0.15, 0.2) is 22.9 Å². The topological polar surface area (TPSA) is 51.8 Å². The van der Waals surface area contributed by atoms with Crippen LogP contribution >= 0.6 is 27.5 Å². The second-order valence-electron chi connectivity index (χ2n) is 3.14. The number of nitrogens with zero attached hydrogens (tertiary/aromatic N) is 2. The highest BCUT2D eigenvalue weighted by atomic mass is 79.9. The summed E-state index contributed by atoms with van der Waals surface area (Å²) in [5.41, 5.74) is 5.05. The van der Waals surface area contributed by atoms with E-state index in [1.807, 2.05) is 0 Å². The second-order valence-corrected chi connectivity index (χ2v) is 4.37. The maximum atomic E-state index is 13.8. The molecule has 1 heterocycles. The summed E-state index contributed by atoms with van der Waals surface area (Å²) in [4.78, 5) is 7.37. The summed E-state index contributed by atoms with van der Waals surface area (Å²) >= 11 is 8.79. The van der Waals surface area contributed by atoms with Crippen LogP contribution in [0.1, 0.15) is 0 Å². The molecular formula is C10H5BrClF2N3. The number of anilines is 1. The fraction of sp³-hybridized carbons (Fsp3) is 0. The van der Waals surface area contributed by atoms with Gasteiger partial charge >= 0.3 is 0 Å². The Morgan fingerprint density at radius 2 is 1.94 bits per heavy atom. The van der Waals surface area contributed by atoms with Crippen molar-refractivity contribution < 1.29 is 8.78 Å². The van der Waals surface area contributed by atoms with Gasteiger partial charge in [0.15, 0.2) is 0 Å². The van der Waals surface area contributed by atoms with Gasteiger partial charge in [0, 0.05) is 0 Å². The molecule has 3 nitrogen and oxygen atoms in total. The fourth-order valence-electron chi connectivity index (χ4n) is 1.30. The Morgan fingerprint density at radius 1 is 1.24 bits per heavy atom. The SMILES string of the molecule is Nc1ncnc(-c2c(F)ccc(Br)c2F)c1Cl. The summed E-state index contributed by atoms with van der Waals surface area (Å²) in [7, 11) is 0. The highest BCUT2D eigenvalue weighted by molar-refractivity contribution is 9.10. The molecule has 0 saturated heterocycles. The van der Waals surface area contributed by atoms with Crippen molar-refractivity contribution in [2.45, 2.75) is 0 Å². The second kappa shape index (κ2) is 4.54. The Hall–Kier alpha value is -1.27. The van der Waals surface area contributed by atoms with Gasteiger partial charge in [0.25, 0.3) is 0 Å². The predicted octanol–water partition coefficient (Wildman–Crippen LogP) is 3.42. The molecule has 2 rings (SSSR count). The van der Waals surface area contributed by atoms with Gasteiger partial charge in [-0.25, -0.2) is 18.7 Å². The first-order valence-electron chi connectivity index (χ1n) is 4.42. The summed E-state index contributed by atoms with van der Waals surface area (Å²) in [6.45, 7) is 0. The van der Waals surface area contributed by atoms with Crippen molar-refractivity contribution in [1.29, 1.82) is 0 Å². The van der Waals surface area contributed by atoms with Crippen LogP contribution in [0.25, 0.3) is 11.3 Å². The van der Waals surface area contributed by atoms with Crippen LogP contribution in [0, 0.1) is 11.6 Å². The van der Waals surface area contributed by atoms with Crippen molar-refractivity contribution in [1.82, 2.24) is 9.97 Å². The average molecular weight is 321 g/mol. The molecule has 0 bridgehead atoms. The van der Waals surface area contributed by atoms with E-state index in [1.165, 1.54) is 6.07 Å². The lowest BCUT2D eigenvalue weighted by atomic mass is 10.1. The monoisotopic (exact) mass is 319 g/mol. The van der Waals surface area contributed by atoms with E-state index in [9.17, 15) is 8.78 Å². The lowest BCUT2D eigenvalue weighted by Crippen LogP contribution is -1.99. The standard InChI is InChI=1S/C10H5BrClF2N3/c11-4-1-2-5(13)6(8(4)14)9-7(12)10(15)17-3-16-9/h1-3H,(H2,15,16,17). The number of aromatic nitrogens is 2. The highest BCUT2D eigenvalue weighted by Gasteiger charge is 2.19. The van der Waals surface area contributed by atoms with Gasteiger partial charge in [-0.3, -0.25) is 0 Å². The summed E-state index contributed by atoms with van der Waals surface area (Å²) in [6, 6.07) is 2.36. The number of benzene rings is 1.